The van der Waals surface area contributed by atoms with Crippen molar-refractivity contribution in [2.75, 3.05) is 21.0 Å². The third kappa shape index (κ3) is 3.23. The molecular weight excluding hydrogens is 370 g/mol. The normalized spacial score (nSPS) is 14.0. The zero-order valence-corrected chi connectivity index (χ0v) is 17.4. The number of aryl methyl sites for hydroxylation is 1. The number of methoxy groups -OCH3 is 2. The van der Waals surface area contributed by atoms with Gasteiger partial charge in [-0.25, -0.2) is 0 Å². The second kappa shape index (κ2) is 7.44. The Bertz CT molecular complexity index is 1130. The molecule has 4 rings (SSSR count). The molecule has 0 saturated heterocycles. The van der Waals surface area contributed by atoms with Gasteiger partial charge in [0.2, 0.25) is 5.43 Å². The fraction of sp³-hybridized carbons (Fsp3) is 0.348. The number of hydrogen-bond acceptors (Lipinski definition) is 6. The Hall–Kier alpha value is -2.99. The lowest BCUT2D eigenvalue weighted by atomic mass is 10.00. The van der Waals surface area contributed by atoms with Crippen LogP contribution in [0.5, 0.6) is 17.2 Å². The molecule has 0 amide bonds. The number of fused-ring (bicyclic) bond motifs is 3. The third-order valence-electron chi connectivity index (χ3n) is 5.45. The average Bonchev–Trinajstić information content (AvgIpc) is 2.73. The number of ether oxygens (including phenoxy) is 3. The predicted molar refractivity (Wildman–Crippen MR) is 112 cm³/mol. The van der Waals surface area contributed by atoms with E-state index >= 15 is 0 Å². The van der Waals surface area contributed by atoms with E-state index in [4.69, 9.17) is 18.6 Å². The summed E-state index contributed by atoms with van der Waals surface area (Å²) in [6.07, 6.45) is 0. The minimum Gasteiger partial charge on any atom is -0.493 e. The predicted octanol–water partition coefficient (Wildman–Crippen LogP) is 4.35. The maximum Gasteiger partial charge on any atom is 0.200 e. The summed E-state index contributed by atoms with van der Waals surface area (Å²) in [5.41, 5.74) is 2.70. The summed E-state index contributed by atoms with van der Waals surface area (Å²) in [6.45, 7) is 7.27. The second-order valence-corrected chi connectivity index (χ2v) is 7.47. The fourth-order valence-corrected chi connectivity index (χ4v) is 3.75. The first-order chi connectivity index (χ1) is 13.9. The van der Waals surface area contributed by atoms with E-state index in [1.54, 1.807) is 32.4 Å². The first kappa shape index (κ1) is 19.3. The van der Waals surface area contributed by atoms with Gasteiger partial charge in [0.25, 0.3) is 0 Å². The lowest BCUT2D eigenvalue weighted by Gasteiger charge is -2.32. The molecule has 0 fully saturated rings. The Morgan fingerprint density at radius 2 is 1.83 bits per heavy atom. The zero-order chi connectivity index (χ0) is 20.7. The maximum atomic E-state index is 13.4. The highest BCUT2D eigenvalue weighted by Crippen LogP contribution is 2.36. The molecule has 3 aromatic rings. The molecule has 1 aromatic heterocycles. The SMILES string of the molecule is COc1ccc(-c2c(C)oc3c4c(ccc3c2=O)OCN(C(C)C)C4)cc1OC. The van der Waals surface area contributed by atoms with Gasteiger partial charge < -0.3 is 18.6 Å². The van der Waals surface area contributed by atoms with Crippen molar-refractivity contribution in [2.24, 2.45) is 0 Å². The molecule has 0 spiro atoms. The van der Waals surface area contributed by atoms with Crippen molar-refractivity contribution < 1.29 is 18.6 Å². The van der Waals surface area contributed by atoms with E-state index in [9.17, 15) is 4.79 Å². The minimum atomic E-state index is -0.0690. The van der Waals surface area contributed by atoms with Crippen molar-refractivity contribution in [1.29, 1.82) is 0 Å². The molecule has 2 aromatic carbocycles. The quantitative estimate of drug-likeness (QED) is 0.655. The van der Waals surface area contributed by atoms with E-state index in [1.165, 1.54) is 0 Å². The Morgan fingerprint density at radius 3 is 2.52 bits per heavy atom. The Balaban J connectivity index is 1.90. The van der Waals surface area contributed by atoms with Gasteiger partial charge in [-0.15, -0.1) is 0 Å². The Kier molecular flexibility index (Phi) is 4.96. The van der Waals surface area contributed by atoms with Crippen LogP contribution >= 0.6 is 0 Å². The van der Waals surface area contributed by atoms with Gasteiger partial charge in [-0.3, -0.25) is 9.69 Å². The van der Waals surface area contributed by atoms with Gasteiger partial charge in [0.1, 0.15) is 23.8 Å². The van der Waals surface area contributed by atoms with E-state index in [0.717, 1.165) is 16.9 Å². The first-order valence-electron chi connectivity index (χ1n) is 9.63. The van der Waals surface area contributed by atoms with Crippen LogP contribution in [0.2, 0.25) is 0 Å². The summed E-state index contributed by atoms with van der Waals surface area (Å²) in [5.74, 6) is 2.51. The molecule has 0 aliphatic carbocycles. The minimum absolute atomic E-state index is 0.0690. The molecule has 1 aliphatic rings. The molecule has 1 aliphatic heterocycles. The van der Waals surface area contributed by atoms with Gasteiger partial charge >= 0.3 is 0 Å². The fourth-order valence-electron chi connectivity index (χ4n) is 3.75. The number of rotatable bonds is 4. The summed E-state index contributed by atoms with van der Waals surface area (Å²) >= 11 is 0. The third-order valence-corrected chi connectivity index (χ3v) is 5.45. The highest BCUT2D eigenvalue weighted by molar-refractivity contribution is 5.87. The molecule has 0 atom stereocenters. The molecule has 29 heavy (non-hydrogen) atoms. The lowest BCUT2D eigenvalue weighted by Crippen LogP contribution is -2.37. The molecule has 152 valence electrons. The van der Waals surface area contributed by atoms with Crippen molar-refractivity contribution in [1.82, 2.24) is 4.90 Å². The highest BCUT2D eigenvalue weighted by Gasteiger charge is 2.25. The van der Waals surface area contributed by atoms with Crippen molar-refractivity contribution in [3.63, 3.8) is 0 Å². The van der Waals surface area contributed by atoms with Crippen LogP contribution < -0.4 is 19.6 Å². The maximum absolute atomic E-state index is 13.4. The molecule has 6 nitrogen and oxygen atoms in total. The van der Waals surface area contributed by atoms with Gasteiger partial charge in [0.05, 0.1) is 30.7 Å². The number of benzene rings is 2. The van der Waals surface area contributed by atoms with Crippen LogP contribution in [0.1, 0.15) is 25.2 Å². The zero-order valence-electron chi connectivity index (χ0n) is 17.4. The molecule has 0 radical (unpaired) electrons. The topological polar surface area (TPSA) is 61.1 Å². The lowest BCUT2D eigenvalue weighted by molar-refractivity contribution is 0.0689. The molecule has 0 unspecified atom stereocenters. The van der Waals surface area contributed by atoms with Crippen molar-refractivity contribution in [3.8, 4) is 28.4 Å². The van der Waals surface area contributed by atoms with E-state index in [1.807, 2.05) is 19.1 Å². The van der Waals surface area contributed by atoms with Crippen LogP contribution in [0.4, 0.5) is 0 Å². The van der Waals surface area contributed by atoms with E-state index in [2.05, 4.69) is 18.7 Å². The van der Waals surface area contributed by atoms with Gasteiger partial charge in [-0.1, -0.05) is 6.07 Å². The van der Waals surface area contributed by atoms with Gasteiger partial charge in [0, 0.05) is 12.6 Å². The van der Waals surface area contributed by atoms with E-state index in [0.29, 0.717) is 53.1 Å². The van der Waals surface area contributed by atoms with Gasteiger partial charge in [-0.05, 0) is 50.6 Å². The van der Waals surface area contributed by atoms with Crippen LogP contribution in [-0.2, 0) is 6.54 Å². The van der Waals surface area contributed by atoms with Gasteiger partial charge in [0.15, 0.2) is 11.5 Å². The summed E-state index contributed by atoms with van der Waals surface area (Å²) < 4.78 is 22.8. The number of hydrogen-bond donors (Lipinski definition) is 0. The number of nitrogens with zero attached hydrogens (tertiary/aromatic N) is 1. The van der Waals surface area contributed by atoms with Crippen LogP contribution in [0.3, 0.4) is 0 Å². The Labute approximate surface area is 169 Å². The summed E-state index contributed by atoms with van der Waals surface area (Å²) in [7, 11) is 3.16. The molecule has 0 saturated carbocycles. The molecule has 0 bridgehead atoms. The summed E-state index contributed by atoms with van der Waals surface area (Å²) in [4.78, 5) is 15.6. The van der Waals surface area contributed by atoms with Crippen LogP contribution in [0.15, 0.2) is 39.5 Å². The van der Waals surface area contributed by atoms with Crippen molar-refractivity contribution in [2.45, 2.75) is 33.4 Å². The molecule has 2 heterocycles. The Morgan fingerprint density at radius 1 is 1.07 bits per heavy atom. The summed E-state index contributed by atoms with van der Waals surface area (Å²) in [5, 5.41) is 0.549. The van der Waals surface area contributed by atoms with Crippen LogP contribution in [0, 0.1) is 6.92 Å². The standard InChI is InChI=1S/C23H25NO5/c1-13(2)24-11-17-18(28-12-24)9-7-16-22(25)21(14(3)29-23(16)17)15-6-8-19(26-4)20(10-15)27-5/h6-10,13H,11-12H2,1-5H3. The molecule has 0 N–H and O–H groups in total. The van der Waals surface area contributed by atoms with E-state index in [-0.39, 0.29) is 5.43 Å². The molecular formula is C23H25NO5. The molecule has 6 heteroatoms. The van der Waals surface area contributed by atoms with E-state index < -0.39 is 0 Å². The summed E-state index contributed by atoms with van der Waals surface area (Å²) in [6, 6.07) is 9.41. The van der Waals surface area contributed by atoms with Crippen LogP contribution in [-0.4, -0.2) is 31.9 Å². The second-order valence-electron chi connectivity index (χ2n) is 7.47. The van der Waals surface area contributed by atoms with Crippen LogP contribution in [0.25, 0.3) is 22.1 Å². The first-order valence-corrected chi connectivity index (χ1v) is 9.63. The largest absolute Gasteiger partial charge is 0.493 e. The van der Waals surface area contributed by atoms with Crippen molar-refractivity contribution >= 4 is 11.0 Å². The van der Waals surface area contributed by atoms with Crippen molar-refractivity contribution in [3.05, 3.63) is 51.9 Å². The highest BCUT2D eigenvalue weighted by atomic mass is 16.5. The average molecular weight is 395 g/mol. The smallest absolute Gasteiger partial charge is 0.200 e. The van der Waals surface area contributed by atoms with Gasteiger partial charge in [-0.2, -0.15) is 0 Å². The monoisotopic (exact) mass is 395 g/mol.